The van der Waals surface area contributed by atoms with E-state index in [1.807, 2.05) is 0 Å². The van der Waals surface area contributed by atoms with Crippen molar-refractivity contribution in [3.05, 3.63) is 0 Å². The predicted molar refractivity (Wildman–Crippen MR) is 339 cm³/mol. The van der Waals surface area contributed by atoms with Crippen LogP contribution in [-0.4, -0.2) is 136 Å². The quantitative estimate of drug-likeness (QED) is 0.0170. The molecule has 0 amide bonds. The number of ether oxygens (including phenoxy) is 5. The van der Waals surface area contributed by atoms with Crippen LogP contribution in [0, 0.1) is 47.3 Å². The van der Waals surface area contributed by atoms with Crippen molar-refractivity contribution in [3.8, 4) is 0 Å². The number of rotatable bonds is 52. The fourth-order valence-electron chi connectivity index (χ4n) is 13.9. The van der Waals surface area contributed by atoms with Gasteiger partial charge in [0.2, 0.25) is 6.29 Å². The standard InChI is InChI=1S/C68H130O17S/c1-11-13-15-17-19-21-23-25-27-29-31-33-35-37-56(71)54(9)44-52(7)42-50(5)40-48(3)39-49(4)41-51(6)43-53(8)45-55(10)66(76)83-63-61(74)58(47-70)81-68(84-67-64(85-86(77,78)79)62(75)60(73)57(46-69)80-67)65(63)82-59(72)38-36-34-32-30-28-26-24-22-20-18-16-14-12-2/h48-58,60-65,67-71,73-75H,11-47H2,1-10H3,(H,77,78,79)/t48-,49+,50-,51+,52-,53+,54-,55+,56?,57-,58-,60-,61-,62+,63+,64-,65-,67-,68-/m1/s1. The molecule has 0 aromatic carbocycles. The monoisotopic (exact) mass is 1250 g/mol. The van der Waals surface area contributed by atoms with Gasteiger partial charge in [0.05, 0.1) is 25.2 Å². The molecule has 0 saturated carbocycles. The van der Waals surface area contributed by atoms with Gasteiger partial charge in [0.1, 0.15) is 30.5 Å². The van der Waals surface area contributed by atoms with Gasteiger partial charge in [-0.05, 0) is 99.2 Å². The lowest BCUT2D eigenvalue weighted by atomic mass is 9.80. The minimum atomic E-state index is -5.32. The number of carbonyl (C=O) groups is 2. The van der Waals surface area contributed by atoms with E-state index in [0.29, 0.717) is 48.3 Å². The van der Waals surface area contributed by atoms with Gasteiger partial charge in [-0.2, -0.15) is 8.42 Å². The molecule has 0 aromatic heterocycles. The molecule has 0 bridgehead atoms. The van der Waals surface area contributed by atoms with E-state index in [4.69, 9.17) is 23.7 Å². The number of unbranched alkanes of at least 4 members (excludes halogenated alkanes) is 24. The van der Waals surface area contributed by atoms with E-state index in [9.17, 15) is 53.2 Å². The first kappa shape index (κ1) is 80.5. The van der Waals surface area contributed by atoms with Crippen molar-refractivity contribution in [2.24, 2.45) is 47.3 Å². The Hall–Kier alpha value is -1.55. The van der Waals surface area contributed by atoms with E-state index in [1.165, 1.54) is 122 Å². The zero-order valence-corrected chi connectivity index (χ0v) is 56.6. The molecule has 2 aliphatic heterocycles. The van der Waals surface area contributed by atoms with Gasteiger partial charge in [-0.25, -0.2) is 4.18 Å². The van der Waals surface area contributed by atoms with Crippen LogP contribution in [0.5, 0.6) is 0 Å². The summed E-state index contributed by atoms with van der Waals surface area (Å²) in [5.41, 5.74) is 0. The Morgan fingerprint density at radius 1 is 0.453 bits per heavy atom. The summed E-state index contributed by atoms with van der Waals surface area (Å²) in [6.45, 7) is 20.4. The third-order valence-corrected chi connectivity index (χ3v) is 18.8. The molecule has 0 aliphatic carbocycles. The van der Waals surface area contributed by atoms with E-state index >= 15 is 0 Å². The van der Waals surface area contributed by atoms with E-state index in [2.05, 4.69) is 66.5 Å². The first-order chi connectivity index (χ1) is 40.9. The van der Waals surface area contributed by atoms with Crippen molar-refractivity contribution < 1.29 is 81.1 Å². The zero-order valence-electron chi connectivity index (χ0n) is 55.8. The van der Waals surface area contributed by atoms with Crippen LogP contribution in [0.25, 0.3) is 0 Å². The van der Waals surface area contributed by atoms with Crippen LogP contribution < -0.4 is 0 Å². The third kappa shape index (κ3) is 34.8. The summed E-state index contributed by atoms with van der Waals surface area (Å²) in [7, 11) is -5.32. The Morgan fingerprint density at radius 3 is 1.22 bits per heavy atom. The number of esters is 2. The predicted octanol–water partition coefficient (Wildman–Crippen LogP) is 13.7. The highest BCUT2D eigenvalue weighted by molar-refractivity contribution is 7.80. The molecule has 0 aromatic rings. The lowest BCUT2D eigenvalue weighted by molar-refractivity contribution is -0.374. The lowest BCUT2D eigenvalue weighted by Gasteiger charge is -2.46. The zero-order chi connectivity index (χ0) is 64.0. The van der Waals surface area contributed by atoms with Crippen molar-refractivity contribution in [2.45, 2.75) is 361 Å². The highest BCUT2D eigenvalue weighted by Crippen LogP contribution is 2.35. The summed E-state index contributed by atoms with van der Waals surface area (Å²) in [5, 5.41) is 64.4. The minimum Gasteiger partial charge on any atom is -0.455 e. The second-order valence-electron chi connectivity index (χ2n) is 27.7. The maximum atomic E-state index is 14.1. The molecule has 510 valence electrons. The summed E-state index contributed by atoms with van der Waals surface area (Å²) in [4.78, 5) is 27.7. The van der Waals surface area contributed by atoms with Crippen LogP contribution in [0.4, 0.5) is 0 Å². The smallest absolute Gasteiger partial charge is 0.397 e. The first-order valence-corrected chi connectivity index (χ1v) is 36.3. The SMILES string of the molecule is CCCCCCCCCCCCCCCC(=O)O[C@H]1[C@@H](O[C@H]2O[C@H](CO)[C@@H](O)[C@H](O)[C@H]2OS(=O)(=O)O)O[C@H](CO)[C@@H](O)[C@@H]1OC(=O)[C@@H](C)C[C@@H](C)C[C@@H](C)C[C@@H](C)C[C@@H](C)C[C@@H](C)C[C@@H](C)C[C@@H](C)C(O)CCCCCCCCCCCCCCC. The summed E-state index contributed by atoms with van der Waals surface area (Å²) in [6, 6.07) is 0. The van der Waals surface area contributed by atoms with Gasteiger partial charge in [-0.1, -0.05) is 230 Å². The van der Waals surface area contributed by atoms with Crippen molar-refractivity contribution in [3.63, 3.8) is 0 Å². The highest BCUT2D eigenvalue weighted by atomic mass is 32.3. The maximum Gasteiger partial charge on any atom is 0.397 e. The molecular formula is C68H130O17S. The van der Waals surface area contributed by atoms with Crippen molar-refractivity contribution in [1.29, 1.82) is 0 Å². The van der Waals surface area contributed by atoms with E-state index in [1.54, 1.807) is 6.92 Å². The van der Waals surface area contributed by atoms with Crippen LogP contribution in [0.2, 0.25) is 0 Å². The molecule has 2 aliphatic rings. The molecule has 17 nitrogen and oxygen atoms in total. The molecule has 0 radical (unpaired) electrons. The fraction of sp³-hybridized carbons (Fsp3) is 0.971. The largest absolute Gasteiger partial charge is 0.455 e. The van der Waals surface area contributed by atoms with Crippen LogP contribution in [-0.2, 0) is 47.9 Å². The van der Waals surface area contributed by atoms with E-state index in [-0.39, 0.29) is 18.4 Å². The Labute approximate surface area is 523 Å². The number of aliphatic hydroxyl groups is 6. The van der Waals surface area contributed by atoms with Crippen LogP contribution in [0.3, 0.4) is 0 Å². The average molecular weight is 1250 g/mol. The molecule has 86 heavy (non-hydrogen) atoms. The minimum absolute atomic E-state index is 0.0550. The van der Waals surface area contributed by atoms with Crippen molar-refractivity contribution >= 4 is 22.3 Å². The summed E-state index contributed by atoms with van der Waals surface area (Å²) in [5.74, 6) is 0.860. The van der Waals surface area contributed by atoms with Gasteiger partial charge >= 0.3 is 22.3 Å². The molecule has 18 heteroatoms. The highest BCUT2D eigenvalue weighted by Gasteiger charge is 2.55. The molecule has 2 fully saturated rings. The van der Waals surface area contributed by atoms with Gasteiger partial charge in [0.25, 0.3) is 0 Å². The van der Waals surface area contributed by atoms with Gasteiger partial charge < -0.3 is 54.3 Å². The van der Waals surface area contributed by atoms with Crippen molar-refractivity contribution in [2.75, 3.05) is 13.2 Å². The van der Waals surface area contributed by atoms with Crippen molar-refractivity contribution in [1.82, 2.24) is 0 Å². The number of aliphatic hydroxyl groups excluding tert-OH is 6. The fourth-order valence-corrected chi connectivity index (χ4v) is 14.3. The van der Waals surface area contributed by atoms with Gasteiger partial charge in [-0.15, -0.1) is 0 Å². The third-order valence-electron chi connectivity index (χ3n) is 18.3. The molecule has 2 saturated heterocycles. The molecule has 2 rings (SSSR count). The van der Waals surface area contributed by atoms with Crippen LogP contribution in [0.1, 0.15) is 294 Å². The number of carbonyl (C=O) groups excluding carboxylic acids is 2. The lowest BCUT2D eigenvalue weighted by Crippen LogP contribution is -2.65. The second kappa shape index (κ2) is 46.5. The first-order valence-electron chi connectivity index (χ1n) is 34.9. The molecule has 2 heterocycles. The van der Waals surface area contributed by atoms with Crippen LogP contribution in [0.15, 0.2) is 0 Å². The van der Waals surface area contributed by atoms with Gasteiger partial charge in [0.15, 0.2) is 24.6 Å². The molecular weight excluding hydrogens is 1120 g/mol. The Bertz CT molecular complexity index is 1810. The second-order valence-corrected chi connectivity index (χ2v) is 28.7. The van der Waals surface area contributed by atoms with E-state index < -0.39 is 103 Å². The molecule has 19 atom stereocenters. The Morgan fingerprint density at radius 2 is 0.814 bits per heavy atom. The molecule has 1 unspecified atom stereocenters. The normalized spacial score (nSPS) is 26.1. The van der Waals surface area contributed by atoms with E-state index in [0.717, 1.165) is 83.5 Å². The maximum absolute atomic E-state index is 14.1. The Kier molecular flexibility index (Phi) is 43.6. The number of hydrogen-bond donors (Lipinski definition) is 7. The molecule has 0 spiro atoms. The molecule has 7 N–H and O–H groups in total. The number of hydrogen-bond acceptors (Lipinski definition) is 16. The summed E-state index contributed by atoms with van der Waals surface area (Å²) >= 11 is 0. The topological polar surface area (TPSA) is 265 Å². The van der Waals surface area contributed by atoms with Crippen LogP contribution >= 0.6 is 0 Å². The average Bonchev–Trinajstić information content (AvgIpc) is 3.03. The van der Waals surface area contributed by atoms with Gasteiger partial charge in [0, 0.05) is 6.42 Å². The Balaban J connectivity index is 1.96. The van der Waals surface area contributed by atoms with Gasteiger partial charge in [-0.3, -0.25) is 14.1 Å². The summed E-state index contributed by atoms with van der Waals surface area (Å²) in [6.07, 6.45) is 20.6. The summed E-state index contributed by atoms with van der Waals surface area (Å²) < 4.78 is 67.4.